The van der Waals surface area contributed by atoms with Crippen LogP contribution in [0.15, 0.2) is 24.3 Å². The van der Waals surface area contributed by atoms with E-state index in [2.05, 4.69) is 24.2 Å². The fourth-order valence-corrected chi connectivity index (χ4v) is 2.70. The lowest BCUT2D eigenvalue weighted by atomic mass is 9.93. The predicted molar refractivity (Wildman–Crippen MR) is 73.0 cm³/mol. The molecule has 1 fully saturated rings. The van der Waals surface area contributed by atoms with Gasteiger partial charge in [-0.2, -0.15) is 0 Å². The smallest absolute Gasteiger partial charge is 0.127 e. The Kier molecular flexibility index (Phi) is 4.36. The van der Waals surface area contributed by atoms with Crippen LogP contribution in [-0.4, -0.2) is 31.6 Å². The second-order valence-corrected chi connectivity index (χ2v) is 5.44. The maximum atomic E-state index is 13.8. The van der Waals surface area contributed by atoms with Crippen LogP contribution in [0.25, 0.3) is 0 Å². The molecule has 0 aliphatic heterocycles. The van der Waals surface area contributed by atoms with Crippen LogP contribution in [0.5, 0.6) is 0 Å². The van der Waals surface area contributed by atoms with Crippen LogP contribution in [0.4, 0.5) is 4.39 Å². The molecular weight excluding hydrogens is 227 g/mol. The zero-order valence-electron chi connectivity index (χ0n) is 11.5. The van der Waals surface area contributed by atoms with Crippen molar-refractivity contribution in [2.45, 2.75) is 31.8 Å². The van der Waals surface area contributed by atoms with E-state index in [9.17, 15) is 4.39 Å². The van der Waals surface area contributed by atoms with Gasteiger partial charge in [0.1, 0.15) is 5.82 Å². The van der Waals surface area contributed by atoms with E-state index in [1.54, 1.807) is 6.07 Å². The maximum absolute atomic E-state index is 13.8. The van der Waals surface area contributed by atoms with Crippen molar-refractivity contribution in [1.82, 2.24) is 10.2 Å². The molecule has 0 heterocycles. The van der Waals surface area contributed by atoms with Crippen molar-refractivity contribution in [2.24, 2.45) is 5.92 Å². The van der Waals surface area contributed by atoms with E-state index in [-0.39, 0.29) is 11.9 Å². The van der Waals surface area contributed by atoms with Gasteiger partial charge >= 0.3 is 0 Å². The summed E-state index contributed by atoms with van der Waals surface area (Å²) in [7, 11) is 4.08. The molecule has 1 aliphatic rings. The molecule has 0 bridgehead atoms. The van der Waals surface area contributed by atoms with Crippen LogP contribution in [0.3, 0.4) is 0 Å². The molecule has 0 saturated heterocycles. The quantitative estimate of drug-likeness (QED) is 0.835. The first-order chi connectivity index (χ1) is 8.63. The van der Waals surface area contributed by atoms with Gasteiger partial charge in [0.25, 0.3) is 0 Å². The lowest BCUT2D eigenvalue weighted by Crippen LogP contribution is -2.34. The van der Waals surface area contributed by atoms with Crippen molar-refractivity contribution in [3.8, 4) is 0 Å². The molecule has 100 valence electrons. The highest BCUT2D eigenvalue weighted by molar-refractivity contribution is 5.21. The van der Waals surface area contributed by atoms with Gasteiger partial charge in [0, 0.05) is 24.2 Å². The number of halogens is 1. The first-order valence-electron chi connectivity index (χ1n) is 6.75. The average molecular weight is 250 g/mol. The highest BCUT2D eigenvalue weighted by atomic mass is 19.1. The molecule has 0 spiro atoms. The second-order valence-electron chi connectivity index (χ2n) is 5.44. The lowest BCUT2D eigenvalue weighted by molar-refractivity contribution is 0.242. The molecule has 0 aromatic heterocycles. The summed E-state index contributed by atoms with van der Waals surface area (Å²) in [6, 6.07) is 7.89. The van der Waals surface area contributed by atoms with E-state index in [4.69, 9.17) is 0 Å². The Morgan fingerprint density at radius 3 is 2.61 bits per heavy atom. The summed E-state index contributed by atoms with van der Waals surface area (Å²) in [5.74, 6) is 0.273. The van der Waals surface area contributed by atoms with Crippen LogP contribution < -0.4 is 5.32 Å². The molecule has 0 radical (unpaired) electrons. The normalized spacial score (nSPS) is 18.9. The molecule has 1 N–H and O–H groups in total. The van der Waals surface area contributed by atoms with E-state index in [0.717, 1.165) is 18.2 Å². The number of nitrogens with zero attached hydrogens (tertiary/aromatic N) is 1. The summed E-state index contributed by atoms with van der Waals surface area (Å²) in [4.78, 5) is 2.40. The second kappa shape index (κ2) is 5.81. The molecule has 18 heavy (non-hydrogen) atoms. The van der Waals surface area contributed by atoms with Crippen LogP contribution in [0.2, 0.25) is 0 Å². The van der Waals surface area contributed by atoms with Gasteiger partial charge in [0.15, 0.2) is 0 Å². The van der Waals surface area contributed by atoms with E-state index in [1.165, 1.54) is 18.9 Å². The summed E-state index contributed by atoms with van der Waals surface area (Å²) in [5.41, 5.74) is 0.775. The molecule has 1 aliphatic carbocycles. The number of nitrogens with one attached hydrogen (secondary N) is 1. The fourth-order valence-electron chi connectivity index (χ4n) is 2.70. The Balaban J connectivity index is 2.05. The Morgan fingerprint density at radius 1 is 1.39 bits per heavy atom. The molecule has 0 amide bonds. The van der Waals surface area contributed by atoms with Crippen molar-refractivity contribution in [3.05, 3.63) is 35.6 Å². The van der Waals surface area contributed by atoms with Gasteiger partial charge in [0.05, 0.1) is 0 Å². The van der Waals surface area contributed by atoms with E-state index < -0.39 is 0 Å². The third-order valence-corrected chi connectivity index (χ3v) is 3.87. The molecule has 2 rings (SSSR count). The summed E-state index contributed by atoms with van der Waals surface area (Å²) >= 11 is 0. The molecular formula is C15H23FN2. The zero-order valence-corrected chi connectivity index (χ0v) is 11.5. The Morgan fingerprint density at radius 2 is 2.06 bits per heavy atom. The van der Waals surface area contributed by atoms with Crippen molar-refractivity contribution in [2.75, 3.05) is 20.6 Å². The summed E-state index contributed by atoms with van der Waals surface area (Å²) in [6.45, 7) is 3.19. The van der Waals surface area contributed by atoms with Gasteiger partial charge in [-0.05, 0) is 38.9 Å². The highest BCUT2D eigenvalue weighted by Gasteiger charge is 2.29. The Labute approximate surface area is 109 Å². The third kappa shape index (κ3) is 3.09. The Hall–Kier alpha value is -0.930. The molecule has 1 saturated carbocycles. The van der Waals surface area contributed by atoms with Gasteiger partial charge in [0.2, 0.25) is 0 Å². The van der Waals surface area contributed by atoms with Gasteiger partial charge in [-0.3, -0.25) is 0 Å². The van der Waals surface area contributed by atoms with Gasteiger partial charge < -0.3 is 10.2 Å². The standard InChI is InChI=1S/C15H23FN2/c1-11(10-18(3)12-8-9-12)15(17-2)13-6-4-5-7-14(13)16/h4-7,11-12,15,17H,8-10H2,1-3H3. The minimum Gasteiger partial charge on any atom is -0.313 e. The number of rotatable bonds is 6. The predicted octanol–water partition coefficient (Wildman–Crippen LogP) is 2.82. The maximum Gasteiger partial charge on any atom is 0.127 e. The topological polar surface area (TPSA) is 15.3 Å². The summed E-state index contributed by atoms with van der Waals surface area (Å²) in [6.07, 6.45) is 2.63. The van der Waals surface area contributed by atoms with Crippen LogP contribution in [0.1, 0.15) is 31.4 Å². The van der Waals surface area contributed by atoms with Crippen molar-refractivity contribution in [3.63, 3.8) is 0 Å². The lowest BCUT2D eigenvalue weighted by Gasteiger charge is -2.28. The van der Waals surface area contributed by atoms with Crippen LogP contribution in [0, 0.1) is 11.7 Å². The molecule has 2 atom stereocenters. The number of hydrogen-bond donors (Lipinski definition) is 1. The van der Waals surface area contributed by atoms with Crippen molar-refractivity contribution in [1.29, 1.82) is 0 Å². The van der Waals surface area contributed by atoms with Crippen LogP contribution >= 0.6 is 0 Å². The average Bonchev–Trinajstić information content (AvgIpc) is 3.16. The highest BCUT2D eigenvalue weighted by Crippen LogP contribution is 2.29. The minimum absolute atomic E-state index is 0.0763. The van der Waals surface area contributed by atoms with Crippen molar-refractivity contribution >= 4 is 0 Å². The minimum atomic E-state index is -0.113. The van der Waals surface area contributed by atoms with Gasteiger partial charge in [-0.1, -0.05) is 25.1 Å². The number of benzene rings is 1. The zero-order chi connectivity index (χ0) is 13.1. The SMILES string of the molecule is CNC(c1ccccc1F)C(C)CN(C)C1CC1. The third-order valence-electron chi connectivity index (χ3n) is 3.87. The number of hydrogen-bond acceptors (Lipinski definition) is 2. The van der Waals surface area contributed by atoms with Crippen molar-refractivity contribution < 1.29 is 4.39 Å². The monoisotopic (exact) mass is 250 g/mol. The van der Waals surface area contributed by atoms with Gasteiger partial charge in [-0.25, -0.2) is 4.39 Å². The molecule has 1 aromatic carbocycles. The van der Waals surface area contributed by atoms with Gasteiger partial charge in [-0.15, -0.1) is 0 Å². The molecule has 3 heteroatoms. The molecule has 2 nitrogen and oxygen atoms in total. The van der Waals surface area contributed by atoms with E-state index >= 15 is 0 Å². The first kappa shape index (κ1) is 13.5. The largest absolute Gasteiger partial charge is 0.313 e. The molecule has 2 unspecified atom stereocenters. The summed E-state index contributed by atoms with van der Waals surface area (Å²) < 4.78 is 13.8. The molecule has 1 aromatic rings. The van der Waals surface area contributed by atoms with Crippen LogP contribution in [-0.2, 0) is 0 Å². The first-order valence-corrected chi connectivity index (χ1v) is 6.75. The fraction of sp³-hybridized carbons (Fsp3) is 0.600. The summed E-state index contributed by atoms with van der Waals surface area (Å²) in [5, 5.41) is 3.26. The van der Waals surface area contributed by atoms with E-state index in [0.29, 0.717) is 5.92 Å². The van der Waals surface area contributed by atoms with E-state index in [1.807, 2.05) is 19.2 Å². The Bertz CT molecular complexity index is 390.